The molecule has 3 heterocycles. The van der Waals surface area contributed by atoms with Crippen molar-refractivity contribution < 1.29 is 38.1 Å². The summed E-state index contributed by atoms with van der Waals surface area (Å²) < 4.78 is 30.3. The van der Waals surface area contributed by atoms with Gasteiger partial charge in [0.25, 0.3) is 0 Å². The first kappa shape index (κ1) is 30.2. The Labute approximate surface area is 245 Å². The van der Waals surface area contributed by atoms with Gasteiger partial charge in [-0.2, -0.15) is 0 Å². The van der Waals surface area contributed by atoms with Crippen LogP contribution in [0.15, 0.2) is 39.8 Å². The molecular weight excluding hydrogens is 542 g/mol. The summed E-state index contributed by atoms with van der Waals surface area (Å²) in [6.07, 6.45) is 3.06. The first-order valence-corrected chi connectivity index (χ1v) is 14.7. The second kappa shape index (κ2) is 11.1. The molecule has 10 heteroatoms. The topological polar surface area (TPSA) is 134 Å². The summed E-state index contributed by atoms with van der Waals surface area (Å²) >= 11 is 0. The average molecular weight is 584 g/mol. The van der Waals surface area contributed by atoms with E-state index in [1.807, 2.05) is 20.8 Å². The van der Waals surface area contributed by atoms with E-state index in [9.17, 15) is 19.5 Å². The van der Waals surface area contributed by atoms with Crippen molar-refractivity contribution in [1.29, 1.82) is 0 Å². The maximum Gasteiger partial charge on any atom is 0.345 e. The molecule has 1 N–H and O–H groups in total. The van der Waals surface area contributed by atoms with Crippen LogP contribution in [0, 0.1) is 22.7 Å². The van der Waals surface area contributed by atoms with E-state index in [-0.39, 0.29) is 29.0 Å². The van der Waals surface area contributed by atoms with Gasteiger partial charge in [0.1, 0.15) is 34.9 Å². The Hall–Kier alpha value is -3.24. The zero-order chi connectivity index (χ0) is 30.4. The molecule has 1 aliphatic heterocycles. The molecule has 0 radical (unpaired) electrons. The summed E-state index contributed by atoms with van der Waals surface area (Å²) in [5.41, 5.74) is -2.53. The van der Waals surface area contributed by atoms with Gasteiger partial charge in [-0.3, -0.25) is 14.6 Å². The van der Waals surface area contributed by atoms with Crippen LogP contribution in [0.25, 0.3) is 11.3 Å². The van der Waals surface area contributed by atoms with E-state index in [2.05, 4.69) is 11.9 Å². The van der Waals surface area contributed by atoms with Gasteiger partial charge in [0, 0.05) is 55.8 Å². The molecule has 2 aromatic heterocycles. The first-order chi connectivity index (χ1) is 19.8. The van der Waals surface area contributed by atoms with E-state index in [0.29, 0.717) is 38.0 Å². The third kappa shape index (κ3) is 4.92. The van der Waals surface area contributed by atoms with Crippen molar-refractivity contribution in [3.8, 4) is 17.1 Å². The summed E-state index contributed by atoms with van der Waals surface area (Å²) in [5.74, 6) is -1.28. The minimum absolute atomic E-state index is 0.0413. The Bertz CT molecular complexity index is 1390. The highest BCUT2D eigenvalue weighted by Gasteiger charge is 2.70. The Morgan fingerprint density at radius 2 is 1.86 bits per heavy atom. The average Bonchev–Trinajstić information content (AvgIpc) is 2.91. The summed E-state index contributed by atoms with van der Waals surface area (Å²) in [7, 11) is 0. The number of hydrogen-bond donors (Lipinski definition) is 1. The molecule has 5 rings (SSSR count). The van der Waals surface area contributed by atoms with Crippen molar-refractivity contribution >= 4 is 11.9 Å². The van der Waals surface area contributed by atoms with Gasteiger partial charge >= 0.3 is 17.6 Å². The van der Waals surface area contributed by atoms with Gasteiger partial charge < -0.3 is 28.5 Å². The van der Waals surface area contributed by atoms with Gasteiger partial charge in [-0.15, -0.1) is 0 Å². The highest BCUT2D eigenvalue weighted by Crippen LogP contribution is 2.67. The fraction of sp³-hybridized carbons (Fsp3) is 0.625. The molecule has 0 amide bonds. The highest BCUT2D eigenvalue weighted by molar-refractivity contribution is 5.67. The molecule has 2 fully saturated rings. The highest BCUT2D eigenvalue weighted by atomic mass is 16.6. The third-order valence-electron chi connectivity index (χ3n) is 9.91. The zero-order valence-electron chi connectivity index (χ0n) is 25.2. The number of rotatable bonds is 7. The van der Waals surface area contributed by atoms with Crippen molar-refractivity contribution in [2.45, 2.75) is 91.1 Å². The molecule has 10 nitrogen and oxygen atoms in total. The number of hydrogen-bond acceptors (Lipinski definition) is 10. The Balaban J connectivity index is 1.65. The quantitative estimate of drug-likeness (QED) is 0.363. The van der Waals surface area contributed by atoms with Crippen molar-refractivity contribution in [3.05, 3.63) is 46.6 Å². The number of aromatic nitrogens is 1. The summed E-state index contributed by atoms with van der Waals surface area (Å²) in [6, 6.07) is 5.09. The van der Waals surface area contributed by atoms with E-state index < -0.39 is 52.3 Å². The molecule has 2 aliphatic carbocycles. The van der Waals surface area contributed by atoms with Crippen molar-refractivity contribution in [2.24, 2.45) is 22.7 Å². The van der Waals surface area contributed by atoms with Crippen LogP contribution in [-0.2, 0) is 23.8 Å². The number of aliphatic hydroxyl groups is 1. The van der Waals surface area contributed by atoms with Gasteiger partial charge in [-0.05, 0) is 56.1 Å². The van der Waals surface area contributed by atoms with Crippen LogP contribution in [0.5, 0.6) is 5.75 Å². The van der Waals surface area contributed by atoms with E-state index in [4.69, 9.17) is 23.4 Å². The largest absolute Gasteiger partial charge is 0.482 e. The van der Waals surface area contributed by atoms with Crippen molar-refractivity contribution in [2.75, 3.05) is 13.2 Å². The lowest BCUT2D eigenvalue weighted by Crippen LogP contribution is -2.71. The lowest BCUT2D eigenvalue weighted by molar-refractivity contribution is -0.271. The molecule has 0 saturated heterocycles. The monoisotopic (exact) mass is 583 g/mol. The Morgan fingerprint density at radius 3 is 2.50 bits per heavy atom. The van der Waals surface area contributed by atoms with Crippen LogP contribution in [0.2, 0.25) is 0 Å². The van der Waals surface area contributed by atoms with E-state index in [1.165, 1.54) is 13.8 Å². The van der Waals surface area contributed by atoms with Gasteiger partial charge in [-0.1, -0.05) is 20.8 Å². The van der Waals surface area contributed by atoms with E-state index in [0.717, 1.165) is 6.42 Å². The number of carbonyl (C=O) groups is 2. The zero-order valence-corrected chi connectivity index (χ0v) is 25.2. The van der Waals surface area contributed by atoms with Crippen LogP contribution in [0.1, 0.15) is 78.9 Å². The maximum absolute atomic E-state index is 13.5. The van der Waals surface area contributed by atoms with Gasteiger partial charge in [0.05, 0.1) is 12.7 Å². The molecule has 42 heavy (non-hydrogen) atoms. The number of carbonyl (C=O) groups excluding carboxylic acids is 2. The Kier molecular flexibility index (Phi) is 8.00. The standard InChI is InChI=1S/C32H41NO9/c1-7-13-38-17-31(5)23-15-25(40-19(3)35)32(6)28(30(23,4)11-10-24(31)39-18(2)34)27(36)26-22(42-32)14-21(41-29(26)37)20-9-8-12-33-16-20/h8-9,12,14,16,23-25,27-28,36H,7,10-11,13,15,17H2,1-6H3/t23?,24-,25-,27-,28?,30-,31-,32+/m0/s1. The number of esters is 2. The van der Waals surface area contributed by atoms with E-state index in [1.54, 1.807) is 30.6 Å². The third-order valence-corrected chi connectivity index (χ3v) is 9.91. The molecule has 2 aromatic rings. The molecule has 0 aromatic carbocycles. The van der Waals surface area contributed by atoms with Gasteiger partial charge in [-0.25, -0.2) is 4.79 Å². The van der Waals surface area contributed by atoms with Crippen molar-refractivity contribution in [3.63, 3.8) is 0 Å². The maximum atomic E-state index is 13.5. The molecule has 228 valence electrons. The fourth-order valence-electron chi connectivity index (χ4n) is 8.22. The predicted octanol–water partition coefficient (Wildman–Crippen LogP) is 4.62. The van der Waals surface area contributed by atoms with Crippen molar-refractivity contribution in [1.82, 2.24) is 4.98 Å². The Morgan fingerprint density at radius 1 is 1.14 bits per heavy atom. The van der Waals surface area contributed by atoms with Crippen LogP contribution in [0.4, 0.5) is 0 Å². The molecule has 2 unspecified atom stereocenters. The van der Waals surface area contributed by atoms with Gasteiger partial charge in [0.15, 0.2) is 0 Å². The normalized spacial score (nSPS) is 35.2. The smallest absolute Gasteiger partial charge is 0.345 e. The number of nitrogens with zero attached hydrogens (tertiary/aromatic N) is 1. The predicted molar refractivity (Wildman–Crippen MR) is 151 cm³/mol. The summed E-state index contributed by atoms with van der Waals surface area (Å²) in [5, 5.41) is 12.1. The second-order valence-electron chi connectivity index (χ2n) is 12.7. The molecule has 3 aliphatic rings. The fourth-order valence-corrected chi connectivity index (χ4v) is 8.22. The molecule has 0 bridgehead atoms. The minimum Gasteiger partial charge on any atom is -0.482 e. The van der Waals surface area contributed by atoms with Crippen LogP contribution >= 0.6 is 0 Å². The number of ether oxygens (including phenoxy) is 4. The summed E-state index contributed by atoms with van der Waals surface area (Å²) in [6.45, 7) is 11.6. The molecule has 2 saturated carbocycles. The van der Waals surface area contributed by atoms with Crippen LogP contribution in [-0.4, -0.2) is 53.1 Å². The lowest BCUT2D eigenvalue weighted by atomic mass is 9.42. The minimum atomic E-state index is -1.27. The number of pyridine rings is 1. The molecular formula is C32H41NO9. The number of aliphatic hydroxyl groups excluding tert-OH is 1. The van der Waals surface area contributed by atoms with Gasteiger partial charge in [0.2, 0.25) is 0 Å². The van der Waals surface area contributed by atoms with Crippen LogP contribution in [0.3, 0.4) is 0 Å². The molecule has 8 atom stereocenters. The first-order valence-electron chi connectivity index (χ1n) is 14.7. The lowest BCUT2D eigenvalue weighted by Gasteiger charge is -2.66. The second-order valence-corrected chi connectivity index (χ2v) is 12.7. The van der Waals surface area contributed by atoms with Crippen LogP contribution < -0.4 is 10.4 Å². The molecule has 0 spiro atoms. The van der Waals surface area contributed by atoms with E-state index >= 15 is 0 Å². The number of fused-ring (bicyclic) bond motifs is 4. The SMILES string of the molecule is CCCOC[C@@]1(C)C2C[C@H](OC(C)=O)[C@@]3(C)Oc4cc(-c5cccnc5)oc(=O)c4[C@H](O)C3[C@@]2(C)CC[C@@H]1OC(C)=O. The summed E-state index contributed by atoms with van der Waals surface area (Å²) in [4.78, 5) is 42.2.